The van der Waals surface area contributed by atoms with Crippen LogP contribution in [0.15, 0.2) is 22.8 Å². The van der Waals surface area contributed by atoms with Crippen molar-refractivity contribution >= 4 is 21.7 Å². The highest BCUT2D eigenvalue weighted by molar-refractivity contribution is 9.10. The van der Waals surface area contributed by atoms with Gasteiger partial charge in [0, 0.05) is 30.8 Å². The zero-order chi connectivity index (χ0) is 10.4. The van der Waals surface area contributed by atoms with Gasteiger partial charge in [-0.2, -0.15) is 0 Å². The van der Waals surface area contributed by atoms with Crippen molar-refractivity contribution in [2.45, 2.75) is 12.8 Å². The molecule has 4 heteroatoms. The van der Waals surface area contributed by atoms with Gasteiger partial charge in [0.25, 0.3) is 0 Å². The third kappa shape index (κ3) is 3.55. The van der Waals surface area contributed by atoms with Gasteiger partial charge in [0.1, 0.15) is 5.69 Å². The van der Waals surface area contributed by atoms with Crippen molar-refractivity contribution in [2.75, 3.05) is 13.7 Å². The lowest BCUT2D eigenvalue weighted by Crippen LogP contribution is -2.03. The fourth-order valence-corrected chi connectivity index (χ4v) is 1.40. The SMILES string of the molecule is COCCCC(=O)c1cc(Br)ccn1. The van der Waals surface area contributed by atoms with Crippen LogP contribution in [0.1, 0.15) is 23.3 Å². The third-order valence-corrected chi connectivity index (χ3v) is 2.25. The molecule has 0 aliphatic carbocycles. The largest absolute Gasteiger partial charge is 0.385 e. The molecule has 0 saturated carbocycles. The Balaban J connectivity index is 2.52. The van der Waals surface area contributed by atoms with Gasteiger partial charge in [0.05, 0.1) is 0 Å². The number of pyridine rings is 1. The molecule has 1 rings (SSSR count). The molecule has 0 fully saturated rings. The highest BCUT2D eigenvalue weighted by Gasteiger charge is 2.06. The van der Waals surface area contributed by atoms with E-state index in [0.29, 0.717) is 18.7 Å². The van der Waals surface area contributed by atoms with E-state index in [1.54, 1.807) is 25.4 Å². The number of carbonyl (C=O) groups excluding carboxylic acids is 1. The van der Waals surface area contributed by atoms with Crippen LogP contribution in [0.25, 0.3) is 0 Å². The molecule has 14 heavy (non-hydrogen) atoms. The van der Waals surface area contributed by atoms with E-state index in [9.17, 15) is 4.79 Å². The van der Waals surface area contributed by atoms with E-state index < -0.39 is 0 Å². The van der Waals surface area contributed by atoms with Gasteiger partial charge in [0.2, 0.25) is 0 Å². The van der Waals surface area contributed by atoms with Gasteiger partial charge in [0.15, 0.2) is 5.78 Å². The maximum Gasteiger partial charge on any atom is 0.181 e. The number of halogens is 1. The Labute approximate surface area is 91.6 Å². The van der Waals surface area contributed by atoms with Crippen LogP contribution in [0.4, 0.5) is 0 Å². The van der Waals surface area contributed by atoms with Crippen LogP contribution in [0.3, 0.4) is 0 Å². The van der Waals surface area contributed by atoms with Crippen molar-refractivity contribution in [1.82, 2.24) is 4.98 Å². The van der Waals surface area contributed by atoms with Crippen LogP contribution in [0, 0.1) is 0 Å². The standard InChI is InChI=1S/C10H12BrNO2/c1-14-6-2-3-10(13)9-7-8(11)4-5-12-9/h4-5,7H,2-3,6H2,1H3. The second kappa shape index (κ2) is 5.88. The fraction of sp³-hybridized carbons (Fsp3) is 0.400. The lowest BCUT2D eigenvalue weighted by Gasteiger charge is -2.00. The van der Waals surface area contributed by atoms with Gasteiger partial charge in [-0.05, 0) is 18.6 Å². The lowest BCUT2D eigenvalue weighted by molar-refractivity contribution is 0.0958. The van der Waals surface area contributed by atoms with Crippen LogP contribution in [0.2, 0.25) is 0 Å². The first-order valence-electron chi connectivity index (χ1n) is 4.37. The highest BCUT2D eigenvalue weighted by Crippen LogP contribution is 2.11. The Kier molecular flexibility index (Phi) is 4.76. The second-order valence-corrected chi connectivity index (χ2v) is 3.79. The molecule has 1 heterocycles. The first-order valence-corrected chi connectivity index (χ1v) is 5.17. The minimum Gasteiger partial charge on any atom is -0.385 e. The average Bonchev–Trinajstić information content (AvgIpc) is 2.18. The number of carbonyl (C=O) groups is 1. The Bertz CT molecular complexity index is 315. The summed E-state index contributed by atoms with van der Waals surface area (Å²) in [5.41, 5.74) is 0.510. The van der Waals surface area contributed by atoms with Crippen molar-refractivity contribution in [1.29, 1.82) is 0 Å². The molecule has 3 nitrogen and oxygen atoms in total. The molecule has 0 aromatic carbocycles. The summed E-state index contributed by atoms with van der Waals surface area (Å²) in [5, 5.41) is 0. The molecule has 0 aliphatic rings. The number of Topliss-reactive ketones (excluding diaryl/α,β-unsaturated/α-hetero) is 1. The summed E-state index contributed by atoms with van der Waals surface area (Å²) in [4.78, 5) is 15.5. The summed E-state index contributed by atoms with van der Waals surface area (Å²) < 4.78 is 5.75. The average molecular weight is 258 g/mol. The molecule has 1 aromatic heterocycles. The van der Waals surface area contributed by atoms with Crippen LogP contribution >= 0.6 is 15.9 Å². The second-order valence-electron chi connectivity index (χ2n) is 2.88. The summed E-state index contributed by atoms with van der Waals surface area (Å²) in [7, 11) is 1.63. The first kappa shape index (κ1) is 11.3. The molecule has 0 bridgehead atoms. The Hall–Kier alpha value is -0.740. The number of rotatable bonds is 5. The van der Waals surface area contributed by atoms with Crippen LogP contribution in [0.5, 0.6) is 0 Å². The number of methoxy groups -OCH3 is 1. The normalized spacial score (nSPS) is 10.1. The molecule has 0 amide bonds. The fourth-order valence-electron chi connectivity index (χ4n) is 1.06. The predicted molar refractivity (Wildman–Crippen MR) is 57.4 cm³/mol. The van der Waals surface area contributed by atoms with Crippen LogP contribution in [-0.4, -0.2) is 24.5 Å². The van der Waals surface area contributed by atoms with Gasteiger partial charge in [-0.15, -0.1) is 0 Å². The van der Waals surface area contributed by atoms with Crippen molar-refractivity contribution < 1.29 is 9.53 Å². The minimum atomic E-state index is 0.0587. The van der Waals surface area contributed by atoms with E-state index in [0.717, 1.165) is 10.9 Å². The van der Waals surface area contributed by atoms with E-state index in [4.69, 9.17) is 4.74 Å². The van der Waals surface area contributed by atoms with Gasteiger partial charge >= 0.3 is 0 Å². The molecular formula is C10H12BrNO2. The van der Waals surface area contributed by atoms with E-state index in [1.807, 2.05) is 0 Å². The van der Waals surface area contributed by atoms with Gasteiger partial charge in [-0.1, -0.05) is 15.9 Å². The van der Waals surface area contributed by atoms with Crippen molar-refractivity contribution in [3.8, 4) is 0 Å². The molecule has 1 aromatic rings. The van der Waals surface area contributed by atoms with Crippen LogP contribution < -0.4 is 0 Å². The number of nitrogens with zero attached hydrogens (tertiary/aromatic N) is 1. The van der Waals surface area contributed by atoms with Crippen molar-refractivity contribution in [3.63, 3.8) is 0 Å². The first-order chi connectivity index (χ1) is 6.74. The lowest BCUT2D eigenvalue weighted by atomic mass is 10.1. The molecule has 0 atom stereocenters. The maximum atomic E-state index is 11.5. The number of ketones is 1. The molecule has 0 unspecified atom stereocenters. The number of ether oxygens (including phenoxy) is 1. The third-order valence-electron chi connectivity index (χ3n) is 1.76. The predicted octanol–water partition coefficient (Wildman–Crippen LogP) is 2.45. The number of aromatic nitrogens is 1. The molecule has 0 aliphatic heterocycles. The molecule has 0 spiro atoms. The summed E-state index contributed by atoms with van der Waals surface area (Å²) in [6, 6.07) is 3.53. The summed E-state index contributed by atoms with van der Waals surface area (Å²) in [6.07, 6.45) is 2.84. The summed E-state index contributed by atoms with van der Waals surface area (Å²) in [6.45, 7) is 0.611. The van der Waals surface area contributed by atoms with E-state index in [2.05, 4.69) is 20.9 Å². The molecule has 76 valence electrons. The zero-order valence-corrected chi connectivity index (χ0v) is 9.58. The molecule has 0 radical (unpaired) electrons. The topological polar surface area (TPSA) is 39.2 Å². The van der Waals surface area contributed by atoms with E-state index in [1.165, 1.54) is 0 Å². The van der Waals surface area contributed by atoms with Gasteiger partial charge < -0.3 is 4.74 Å². The number of hydrogen-bond acceptors (Lipinski definition) is 3. The monoisotopic (exact) mass is 257 g/mol. The highest BCUT2D eigenvalue weighted by atomic mass is 79.9. The summed E-state index contributed by atoms with van der Waals surface area (Å²) >= 11 is 3.30. The zero-order valence-electron chi connectivity index (χ0n) is 8.00. The Morgan fingerprint density at radius 2 is 2.43 bits per heavy atom. The van der Waals surface area contributed by atoms with Crippen LogP contribution in [-0.2, 0) is 4.74 Å². The Morgan fingerprint density at radius 3 is 3.07 bits per heavy atom. The smallest absolute Gasteiger partial charge is 0.181 e. The molecular weight excluding hydrogens is 246 g/mol. The maximum absolute atomic E-state index is 11.5. The number of hydrogen-bond donors (Lipinski definition) is 0. The van der Waals surface area contributed by atoms with Gasteiger partial charge in [-0.25, -0.2) is 0 Å². The van der Waals surface area contributed by atoms with E-state index >= 15 is 0 Å². The quantitative estimate of drug-likeness (QED) is 0.601. The minimum absolute atomic E-state index is 0.0587. The van der Waals surface area contributed by atoms with Crippen molar-refractivity contribution in [2.24, 2.45) is 0 Å². The van der Waals surface area contributed by atoms with Crippen molar-refractivity contribution in [3.05, 3.63) is 28.5 Å². The Morgan fingerprint density at radius 1 is 1.64 bits per heavy atom. The van der Waals surface area contributed by atoms with E-state index in [-0.39, 0.29) is 5.78 Å². The molecule has 0 N–H and O–H groups in total. The van der Waals surface area contributed by atoms with Gasteiger partial charge in [-0.3, -0.25) is 9.78 Å². The summed E-state index contributed by atoms with van der Waals surface area (Å²) in [5.74, 6) is 0.0587. The molecule has 0 saturated heterocycles.